The van der Waals surface area contributed by atoms with E-state index in [1.165, 1.54) is 0 Å². The first kappa shape index (κ1) is 11.9. The number of halogens is 1. The van der Waals surface area contributed by atoms with Crippen molar-refractivity contribution in [3.05, 3.63) is 23.0 Å². The summed E-state index contributed by atoms with van der Waals surface area (Å²) in [6.07, 6.45) is 2.03. The Hall–Kier alpha value is -1.13. The minimum absolute atomic E-state index is 0.0673. The first-order valence-corrected chi connectivity index (χ1v) is 5.08. The predicted octanol–water partition coefficient (Wildman–Crippen LogP) is 1.59. The molecule has 0 unspecified atom stereocenters. The summed E-state index contributed by atoms with van der Waals surface area (Å²) in [5, 5.41) is 5.97. The highest BCUT2D eigenvalue weighted by atomic mass is 35.5. The average Bonchev–Trinajstić information content (AvgIpc) is 2.21. The summed E-state index contributed by atoms with van der Waals surface area (Å²) < 4.78 is 0. The van der Waals surface area contributed by atoms with E-state index in [0.29, 0.717) is 23.8 Å². The van der Waals surface area contributed by atoms with Crippen molar-refractivity contribution in [2.75, 3.05) is 18.9 Å². The molecule has 0 bridgehead atoms. The number of aryl methyl sites for hydroxylation is 1. The molecule has 1 aromatic rings. The van der Waals surface area contributed by atoms with Gasteiger partial charge in [0.15, 0.2) is 5.15 Å². The maximum absolute atomic E-state index is 11.4. The van der Waals surface area contributed by atoms with Crippen molar-refractivity contribution >= 4 is 23.2 Å². The van der Waals surface area contributed by atoms with Crippen LogP contribution in [0.25, 0.3) is 0 Å². The Bertz CT molecular complexity index is 334. The van der Waals surface area contributed by atoms with Crippen LogP contribution < -0.4 is 10.6 Å². The average molecular weight is 228 g/mol. The second-order valence-electron chi connectivity index (χ2n) is 3.20. The Morgan fingerprint density at radius 2 is 2.33 bits per heavy atom. The van der Waals surface area contributed by atoms with Gasteiger partial charge in [0.2, 0.25) is 5.91 Å². The van der Waals surface area contributed by atoms with Crippen LogP contribution in [0.4, 0.5) is 5.69 Å². The third-order valence-corrected chi connectivity index (χ3v) is 2.27. The van der Waals surface area contributed by atoms with Gasteiger partial charge in [-0.3, -0.25) is 4.79 Å². The van der Waals surface area contributed by atoms with Gasteiger partial charge in [-0.2, -0.15) is 0 Å². The van der Waals surface area contributed by atoms with Crippen LogP contribution in [0, 0.1) is 6.92 Å². The van der Waals surface area contributed by atoms with Gasteiger partial charge in [-0.15, -0.1) is 0 Å². The van der Waals surface area contributed by atoms with Crippen molar-refractivity contribution in [2.45, 2.75) is 13.3 Å². The number of amides is 1. The lowest BCUT2D eigenvalue weighted by molar-refractivity contribution is -0.116. The molecule has 0 aromatic carbocycles. The minimum Gasteiger partial charge on any atom is -0.323 e. The van der Waals surface area contributed by atoms with Crippen molar-refractivity contribution in [3.63, 3.8) is 0 Å². The number of hydrogen-bond donors (Lipinski definition) is 2. The molecule has 0 aliphatic carbocycles. The number of aromatic nitrogens is 1. The first-order valence-electron chi connectivity index (χ1n) is 4.70. The third kappa shape index (κ3) is 3.49. The van der Waals surface area contributed by atoms with E-state index in [2.05, 4.69) is 15.6 Å². The molecule has 0 aliphatic rings. The molecule has 0 atom stereocenters. The third-order valence-electron chi connectivity index (χ3n) is 1.98. The molecule has 4 nitrogen and oxygen atoms in total. The largest absolute Gasteiger partial charge is 0.323 e. The number of rotatable bonds is 4. The van der Waals surface area contributed by atoms with Gasteiger partial charge in [-0.1, -0.05) is 11.6 Å². The molecule has 15 heavy (non-hydrogen) atoms. The summed E-state index contributed by atoms with van der Waals surface area (Å²) in [6.45, 7) is 2.52. The summed E-state index contributed by atoms with van der Waals surface area (Å²) in [5.74, 6) is -0.0673. The SMILES string of the molecule is CNCCC(=O)Nc1c(C)ccnc1Cl. The molecule has 5 heteroatoms. The number of anilines is 1. The van der Waals surface area contributed by atoms with Gasteiger partial charge < -0.3 is 10.6 Å². The van der Waals surface area contributed by atoms with Crippen LogP contribution in [0.5, 0.6) is 0 Å². The van der Waals surface area contributed by atoms with E-state index in [0.717, 1.165) is 5.56 Å². The number of carbonyl (C=O) groups is 1. The van der Waals surface area contributed by atoms with Crippen molar-refractivity contribution < 1.29 is 4.79 Å². The Balaban J connectivity index is 2.68. The highest BCUT2D eigenvalue weighted by Gasteiger charge is 2.08. The van der Waals surface area contributed by atoms with Crippen molar-refractivity contribution in [1.29, 1.82) is 0 Å². The number of pyridine rings is 1. The van der Waals surface area contributed by atoms with E-state index in [9.17, 15) is 4.79 Å². The second kappa shape index (κ2) is 5.68. The summed E-state index contributed by atoms with van der Waals surface area (Å²) in [7, 11) is 1.80. The molecule has 2 N–H and O–H groups in total. The zero-order chi connectivity index (χ0) is 11.3. The molecule has 0 saturated heterocycles. The van der Waals surface area contributed by atoms with Gasteiger partial charge in [0.1, 0.15) is 0 Å². The van der Waals surface area contributed by atoms with E-state index < -0.39 is 0 Å². The Morgan fingerprint density at radius 3 is 2.93 bits per heavy atom. The van der Waals surface area contributed by atoms with Crippen LogP contribution in [-0.2, 0) is 4.79 Å². The lowest BCUT2D eigenvalue weighted by Crippen LogP contribution is -2.19. The van der Waals surface area contributed by atoms with Crippen LogP contribution in [0.3, 0.4) is 0 Å². The number of nitrogens with one attached hydrogen (secondary N) is 2. The van der Waals surface area contributed by atoms with Crippen molar-refractivity contribution in [2.24, 2.45) is 0 Å². The molecule has 0 spiro atoms. The molecule has 1 rings (SSSR count). The lowest BCUT2D eigenvalue weighted by Gasteiger charge is -2.08. The van der Waals surface area contributed by atoms with Gasteiger partial charge in [-0.25, -0.2) is 4.98 Å². The number of hydrogen-bond acceptors (Lipinski definition) is 3. The quantitative estimate of drug-likeness (QED) is 0.769. The molecule has 1 aromatic heterocycles. The topological polar surface area (TPSA) is 54.0 Å². The first-order chi connectivity index (χ1) is 7.15. The molecular weight excluding hydrogens is 214 g/mol. The number of nitrogens with zero attached hydrogens (tertiary/aromatic N) is 1. The van der Waals surface area contributed by atoms with Gasteiger partial charge in [-0.05, 0) is 25.6 Å². The molecule has 0 fully saturated rings. The highest BCUT2D eigenvalue weighted by Crippen LogP contribution is 2.22. The zero-order valence-electron chi connectivity index (χ0n) is 8.80. The maximum atomic E-state index is 11.4. The zero-order valence-corrected chi connectivity index (χ0v) is 9.56. The molecule has 0 radical (unpaired) electrons. The normalized spacial score (nSPS) is 10.1. The highest BCUT2D eigenvalue weighted by molar-refractivity contribution is 6.32. The van der Waals surface area contributed by atoms with Gasteiger partial charge in [0, 0.05) is 19.2 Å². The van der Waals surface area contributed by atoms with E-state index in [1.807, 2.05) is 6.92 Å². The summed E-state index contributed by atoms with van der Waals surface area (Å²) >= 11 is 5.87. The van der Waals surface area contributed by atoms with Crippen molar-refractivity contribution in [1.82, 2.24) is 10.3 Å². The fourth-order valence-corrected chi connectivity index (χ4v) is 1.37. The Morgan fingerprint density at radius 1 is 1.60 bits per heavy atom. The second-order valence-corrected chi connectivity index (χ2v) is 3.55. The Kier molecular flexibility index (Phi) is 4.52. The van der Waals surface area contributed by atoms with Crippen LogP contribution >= 0.6 is 11.6 Å². The van der Waals surface area contributed by atoms with Gasteiger partial charge in [0.05, 0.1) is 5.69 Å². The van der Waals surface area contributed by atoms with Crippen molar-refractivity contribution in [3.8, 4) is 0 Å². The smallest absolute Gasteiger partial charge is 0.225 e. The monoisotopic (exact) mass is 227 g/mol. The maximum Gasteiger partial charge on any atom is 0.225 e. The van der Waals surface area contributed by atoms with E-state index in [4.69, 9.17) is 11.6 Å². The summed E-state index contributed by atoms with van der Waals surface area (Å²) in [4.78, 5) is 15.3. The standard InChI is InChI=1S/C10H14ClN3O/c1-7-3-6-13-10(11)9(7)14-8(15)4-5-12-2/h3,6,12H,4-5H2,1-2H3,(H,14,15). The molecule has 0 aliphatic heterocycles. The van der Waals surface area contributed by atoms with Crippen LogP contribution in [0.1, 0.15) is 12.0 Å². The van der Waals surface area contributed by atoms with E-state index >= 15 is 0 Å². The van der Waals surface area contributed by atoms with E-state index in [1.54, 1.807) is 19.3 Å². The molecule has 1 heterocycles. The fourth-order valence-electron chi connectivity index (χ4n) is 1.12. The fraction of sp³-hybridized carbons (Fsp3) is 0.400. The van der Waals surface area contributed by atoms with E-state index in [-0.39, 0.29) is 5.91 Å². The van der Waals surface area contributed by atoms with Crippen LogP contribution in [-0.4, -0.2) is 24.5 Å². The predicted molar refractivity (Wildman–Crippen MR) is 61.2 cm³/mol. The number of carbonyl (C=O) groups excluding carboxylic acids is 1. The lowest BCUT2D eigenvalue weighted by atomic mass is 10.2. The summed E-state index contributed by atoms with van der Waals surface area (Å²) in [5.41, 5.74) is 1.51. The molecule has 1 amide bonds. The Labute approximate surface area is 94.0 Å². The molecule has 82 valence electrons. The molecule has 0 saturated carbocycles. The minimum atomic E-state index is -0.0673. The summed E-state index contributed by atoms with van der Waals surface area (Å²) in [6, 6.07) is 1.81. The van der Waals surface area contributed by atoms with Gasteiger partial charge >= 0.3 is 0 Å². The van der Waals surface area contributed by atoms with Crippen LogP contribution in [0.2, 0.25) is 5.15 Å². The molecular formula is C10H14ClN3O. The van der Waals surface area contributed by atoms with Crippen LogP contribution in [0.15, 0.2) is 12.3 Å². The van der Waals surface area contributed by atoms with Gasteiger partial charge in [0.25, 0.3) is 0 Å².